The van der Waals surface area contributed by atoms with E-state index in [0.717, 1.165) is 11.3 Å². The largest absolute Gasteiger partial charge is 0.493 e. The van der Waals surface area contributed by atoms with Crippen molar-refractivity contribution in [1.82, 2.24) is 4.90 Å². The second-order valence-corrected chi connectivity index (χ2v) is 8.18. The SMILES string of the molecule is COc1cc(/C=C(\C#N)C(=O)N2CCOCC2)ccc1OC(=O)CCCOc1ccc(C)cc1C. The summed E-state index contributed by atoms with van der Waals surface area (Å²) in [7, 11) is 1.46. The Hall–Kier alpha value is -3.83. The van der Waals surface area contributed by atoms with Crippen molar-refractivity contribution in [2.45, 2.75) is 26.7 Å². The average Bonchev–Trinajstić information content (AvgIpc) is 2.87. The van der Waals surface area contributed by atoms with Gasteiger partial charge in [-0.25, -0.2) is 0 Å². The van der Waals surface area contributed by atoms with E-state index in [0.29, 0.717) is 50.6 Å². The van der Waals surface area contributed by atoms with Crippen molar-refractivity contribution in [1.29, 1.82) is 5.26 Å². The molecule has 1 fully saturated rings. The highest BCUT2D eigenvalue weighted by molar-refractivity contribution is 6.01. The number of nitrogens with zero attached hydrogens (tertiary/aromatic N) is 2. The van der Waals surface area contributed by atoms with Crippen LogP contribution in [0.25, 0.3) is 6.08 Å². The van der Waals surface area contributed by atoms with Gasteiger partial charge >= 0.3 is 5.97 Å². The number of hydrogen-bond donors (Lipinski definition) is 0. The number of carbonyl (C=O) groups excluding carboxylic acids is 2. The van der Waals surface area contributed by atoms with Crippen LogP contribution in [0.2, 0.25) is 0 Å². The van der Waals surface area contributed by atoms with Gasteiger partial charge in [0, 0.05) is 19.5 Å². The lowest BCUT2D eigenvalue weighted by Gasteiger charge is -2.26. The molecular weight excluding hydrogens is 448 g/mol. The lowest BCUT2D eigenvalue weighted by molar-refractivity contribution is -0.134. The average molecular weight is 479 g/mol. The molecule has 1 aliphatic heterocycles. The van der Waals surface area contributed by atoms with Crippen LogP contribution in [-0.2, 0) is 14.3 Å². The molecule has 0 aromatic heterocycles. The molecule has 1 heterocycles. The van der Waals surface area contributed by atoms with Gasteiger partial charge in [-0.1, -0.05) is 23.8 Å². The van der Waals surface area contributed by atoms with Gasteiger partial charge in [0.15, 0.2) is 11.5 Å². The number of esters is 1. The molecule has 3 rings (SSSR count). The molecule has 0 bridgehead atoms. The van der Waals surface area contributed by atoms with Gasteiger partial charge in [-0.2, -0.15) is 5.26 Å². The minimum absolute atomic E-state index is 0.0162. The summed E-state index contributed by atoms with van der Waals surface area (Å²) in [5.74, 6) is 0.653. The predicted molar refractivity (Wildman–Crippen MR) is 130 cm³/mol. The van der Waals surface area contributed by atoms with Gasteiger partial charge in [-0.15, -0.1) is 0 Å². The number of amides is 1. The smallest absolute Gasteiger partial charge is 0.311 e. The van der Waals surface area contributed by atoms with Crippen LogP contribution in [-0.4, -0.2) is 56.8 Å². The maximum Gasteiger partial charge on any atom is 0.311 e. The molecule has 0 atom stereocenters. The molecule has 2 aromatic carbocycles. The molecule has 8 nitrogen and oxygen atoms in total. The van der Waals surface area contributed by atoms with Crippen molar-refractivity contribution in [2.75, 3.05) is 40.0 Å². The first-order valence-corrected chi connectivity index (χ1v) is 11.5. The minimum atomic E-state index is -0.406. The van der Waals surface area contributed by atoms with Gasteiger partial charge in [-0.3, -0.25) is 9.59 Å². The van der Waals surface area contributed by atoms with Crippen LogP contribution in [0.5, 0.6) is 17.2 Å². The first-order valence-electron chi connectivity index (χ1n) is 11.5. The normalized spacial score (nSPS) is 13.7. The minimum Gasteiger partial charge on any atom is -0.493 e. The lowest BCUT2D eigenvalue weighted by atomic mass is 10.1. The standard InChI is InChI=1S/C27H30N2O6/c1-19-6-8-23(20(2)15-19)34-12-4-5-26(30)35-24-9-7-21(17-25(24)32-3)16-22(18-28)27(31)29-10-13-33-14-11-29/h6-9,15-17H,4-5,10-14H2,1-3H3/b22-16+. The zero-order valence-corrected chi connectivity index (χ0v) is 20.3. The third-order valence-electron chi connectivity index (χ3n) is 5.48. The second-order valence-electron chi connectivity index (χ2n) is 8.18. The summed E-state index contributed by atoms with van der Waals surface area (Å²) < 4.78 is 21.8. The van der Waals surface area contributed by atoms with E-state index in [1.807, 2.05) is 38.1 Å². The van der Waals surface area contributed by atoms with Crippen LogP contribution in [0.15, 0.2) is 42.0 Å². The Bertz CT molecular complexity index is 1130. The molecule has 0 saturated carbocycles. The molecule has 8 heteroatoms. The van der Waals surface area contributed by atoms with E-state index in [1.54, 1.807) is 23.1 Å². The van der Waals surface area contributed by atoms with Crippen molar-refractivity contribution in [3.05, 3.63) is 58.7 Å². The van der Waals surface area contributed by atoms with E-state index < -0.39 is 5.97 Å². The number of aryl methyl sites for hydroxylation is 2. The van der Waals surface area contributed by atoms with Crippen molar-refractivity contribution in [3.8, 4) is 23.3 Å². The highest BCUT2D eigenvalue weighted by atomic mass is 16.6. The van der Waals surface area contributed by atoms with E-state index in [1.165, 1.54) is 18.7 Å². The Morgan fingerprint density at radius 3 is 2.51 bits per heavy atom. The van der Waals surface area contributed by atoms with Gasteiger partial charge in [0.1, 0.15) is 17.4 Å². The maximum absolute atomic E-state index is 12.6. The van der Waals surface area contributed by atoms with E-state index in [9.17, 15) is 14.9 Å². The fourth-order valence-corrected chi connectivity index (χ4v) is 3.64. The first-order chi connectivity index (χ1) is 16.9. The number of hydrogen-bond acceptors (Lipinski definition) is 7. The lowest BCUT2D eigenvalue weighted by Crippen LogP contribution is -2.41. The third-order valence-corrected chi connectivity index (χ3v) is 5.48. The number of ether oxygens (including phenoxy) is 4. The third kappa shape index (κ3) is 7.33. The molecule has 1 aliphatic rings. The molecule has 184 valence electrons. The van der Waals surface area contributed by atoms with Crippen molar-refractivity contribution < 1.29 is 28.5 Å². The van der Waals surface area contributed by atoms with Gasteiger partial charge in [0.2, 0.25) is 0 Å². The summed E-state index contributed by atoms with van der Waals surface area (Å²) in [6.07, 6.45) is 2.18. The van der Waals surface area contributed by atoms with Crippen LogP contribution < -0.4 is 14.2 Å². The Morgan fingerprint density at radius 1 is 1.09 bits per heavy atom. The van der Waals surface area contributed by atoms with E-state index in [-0.39, 0.29) is 23.7 Å². The summed E-state index contributed by atoms with van der Waals surface area (Å²) >= 11 is 0. The van der Waals surface area contributed by atoms with Gasteiger partial charge in [0.05, 0.1) is 26.9 Å². The summed E-state index contributed by atoms with van der Waals surface area (Å²) in [5, 5.41) is 9.48. The fourth-order valence-electron chi connectivity index (χ4n) is 3.64. The van der Waals surface area contributed by atoms with E-state index in [2.05, 4.69) is 0 Å². The van der Waals surface area contributed by atoms with Crippen molar-refractivity contribution in [3.63, 3.8) is 0 Å². The van der Waals surface area contributed by atoms with Crippen LogP contribution in [0, 0.1) is 25.2 Å². The quantitative estimate of drug-likeness (QED) is 0.178. The van der Waals surface area contributed by atoms with Gasteiger partial charge in [-0.05, 0) is 55.7 Å². The molecule has 1 amide bonds. The zero-order chi connectivity index (χ0) is 25.2. The molecule has 0 aliphatic carbocycles. The number of carbonyl (C=O) groups is 2. The number of rotatable bonds is 9. The maximum atomic E-state index is 12.6. The van der Waals surface area contributed by atoms with E-state index in [4.69, 9.17) is 18.9 Å². The highest BCUT2D eigenvalue weighted by Crippen LogP contribution is 2.29. The van der Waals surface area contributed by atoms with Crippen LogP contribution >= 0.6 is 0 Å². The Balaban J connectivity index is 1.57. The van der Waals surface area contributed by atoms with Gasteiger partial charge in [0.25, 0.3) is 5.91 Å². The number of benzene rings is 2. The van der Waals surface area contributed by atoms with Crippen LogP contribution in [0.1, 0.15) is 29.5 Å². The molecule has 0 N–H and O–H groups in total. The van der Waals surface area contributed by atoms with Crippen molar-refractivity contribution in [2.24, 2.45) is 0 Å². The zero-order valence-electron chi connectivity index (χ0n) is 20.3. The summed E-state index contributed by atoms with van der Waals surface area (Å²) in [6, 6.07) is 12.8. The molecule has 0 radical (unpaired) electrons. The molecule has 35 heavy (non-hydrogen) atoms. The highest BCUT2D eigenvalue weighted by Gasteiger charge is 2.21. The molecule has 0 spiro atoms. The van der Waals surface area contributed by atoms with Gasteiger partial charge < -0.3 is 23.8 Å². The molecule has 1 saturated heterocycles. The molecule has 0 unspecified atom stereocenters. The molecule has 2 aromatic rings. The Kier molecular flexibility index (Phi) is 9.27. The fraction of sp³-hybridized carbons (Fsp3) is 0.370. The summed E-state index contributed by atoms with van der Waals surface area (Å²) in [5.41, 5.74) is 2.82. The number of nitriles is 1. The number of morpholine rings is 1. The molecular formula is C27H30N2O6. The Labute approximate surface area is 205 Å². The van der Waals surface area contributed by atoms with E-state index >= 15 is 0 Å². The predicted octanol–water partition coefficient (Wildman–Crippen LogP) is 3.84. The van der Waals surface area contributed by atoms with Crippen molar-refractivity contribution >= 4 is 18.0 Å². The van der Waals surface area contributed by atoms with Crippen LogP contribution in [0.3, 0.4) is 0 Å². The monoisotopic (exact) mass is 478 g/mol. The number of methoxy groups -OCH3 is 1. The topological polar surface area (TPSA) is 98.1 Å². The first kappa shape index (κ1) is 25.8. The van der Waals surface area contributed by atoms with Crippen LogP contribution in [0.4, 0.5) is 0 Å². The summed E-state index contributed by atoms with van der Waals surface area (Å²) in [4.78, 5) is 26.5. The summed E-state index contributed by atoms with van der Waals surface area (Å²) in [6.45, 7) is 6.22. The second kappa shape index (κ2) is 12.6. The Morgan fingerprint density at radius 2 is 1.83 bits per heavy atom.